The Balaban J connectivity index is 1.90. The maximum absolute atomic E-state index is 13.8. The molecule has 0 aliphatic carbocycles. The predicted octanol–water partition coefficient (Wildman–Crippen LogP) is 4.74. The molecule has 0 bridgehead atoms. The second kappa shape index (κ2) is 7.09. The van der Waals surface area contributed by atoms with Crippen molar-refractivity contribution in [2.24, 2.45) is 0 Å². The third kappa shape index (κ3) is 3.14. The van der Waals surface area contributed by atoms with Crippen molar-refractivity contribution in [2.75, 3.05) is 12.4 Å². The highest BCUT2D eigenvalue weighted by Crippen LogP contribution is 2.49. The van der Waals surface area contributed by atoms with E-state index in [1.165, 1.54) is 18.2 Å². The number of halogens is 1. The number of hydrogen-bond donors (Lipinski definition) is 2. The Morgan fingerprint density at radius 1 is 1.25 bits per heavy atom. The molecule has 2 aromatic carbocycles. The summed E-state index contributed by atoms with van der Waals surface area (Å²) in [4.78, 5) is 25.1. The van der Waals surface area contributed by atoms with E-state index in [-0.39, 0.29) is 23.1 Å². The van der Waals surface area contributed by atoms with Crippen molar-refractivity contribution >= 4 is 28.9 Å². The molecule has 142 valence electrons. The third-order valence-corrected chi connectivity index (χ3v) is 6.02. The van der Waals surface area contributed by atoms with Gasteiger partial charge in [-0.05, 0) is 35.4 Å². The lowest BCUT2D eigenvalue weighted by Crippen LogP contribution is -2.22. The van der Waals surface area contributed by atoms with Gasteiger partial charge in [-0.3, -0.25) is 4.79 Å². The van der Waals surface area contributed by atoms with E-state index in [0.717, 1.165) is 21.8 Å². The average molecular weight is 397 g/mol. The Hall–Kier alpha value is -3.19. The number of carboxylic acid groups (broad SMARTS) is 1. The number of anilines is 1. The van der Waals surface area contributed by atoms with Gasteiger partial charge in [-0.2, -0.15) is 0 Å². The zero-order valence-electron chi connectivity index (χ0n) is 14.9. The van der Waals surface area contributed by atoms with Gasteiger partial charge >= 0.3 is 5.97 Å². The van der Waals surface area contributed by atoms with Crippen LogP contribution in [0.4, 0.5) is 10.1 Å². The fraction of sp³-hybridized carbons (Fsp3) is 0.143. The Kier molecular flexibility index (Phi) is 4.60. The number of amides is 1. The summed E-state index contributed by atoms with van der Waals surface area (Å²) in [7, 11) is 1.57. The summed E-state index contributed by atoms with van der Waals surface area (Å²) in [6.07, 6.45) is 0.210. The highest BCUT2D eigenvalue weighted by molar-refractivity contribution is 7.15. The Bertz CT molecular complexity index is 1070. The zero-order chi connectivity index (χ0) is 19.8. The van der Waals surface area contributed by atoms with Crippen LogP contribution in [0.25, 0.3) is 11.1 Å². The maximum Gasteiger partial charge on any atom is 0.346 e. The molecule has 0 saturated carbocycles. The topological polar surface area (TPSA) is 75.6 Å². The van der Waals surface area contributed by atoms with Gasteiger partial charge in [0.2, 0.25) is 5.91 Å². The Labute approximate surface area is 164 Å². The first-order valence-electron chi connectivity index (χ1n) is 8.57. The van der Waals surface area contributed by atoms with E-state index in [1.54, 1.807) is 25.3 Å². The van der Waals surface area contributed by atoms with Crippen LogP contribution in [0.5, 0.6) is 5.75 Å². The number of methoxy groups -OCH3 is 1. The van der Waals surface area contributed by atoms with E-state index < -0.39 is 11.8 Å². The molecule has 0 fully saturated rings. The van der Waals surface area contributed by atoms with Crippen LogP contribution in [0.2, 0.25) is 0 Å². The molecule has 0 radical (unpaired) electrons. The molecule has 4 rings (SSSR count). The lowest BCUT2D eigenvalue weighted by molar-refractivity contribution is -0.116. The number of benzene rings is 2. The zero-order valence-corrected chi connectivity index (χ0v) is 15.7. The van der Waals surface area contributed by atoms with Crippen LogP contribution < -0.4 is 10.1 Å². The molecule has 28 heavy (non-hydrogen) atoms. The van der Waals surface area contributed by atoms with Gasteiger partial charge in [0, 0.05) is 22.8 Å². The summed E-state index contributed by atoms with van der Waals surface area (Å²) in [5, 5.41) is 12.5. The normalized spacial score (nSPS) is 15.6. The summed E-state index contributed by atoms with van der Waals surface area (Å²) < 4.78 is 19.0. The average Bonchev–Trinajstić information content (AvgIpc) is 3.07. The molecule has 0 spiro atoms. The van der Waals surface area contributed by atoms with Gasteiger partial charge in [0.05, 0.1) is 12.8 Å². The molecule has 0 unspecified atom stereocenters. The van der Waals surface area contributed by atoms with Crippen molar-refractivity contribution in [1.29, 1.82) is 0 Å². The van der Waals surface area contributed by atoms with Gasteiger partial charge < -0.3 is 15.2 Å². The van der Waals surface area contributed by atoms with Gasteiger partial charge in [-0.1, -0.05) is 24.3 Å². The van der Waals surface area contributed by atoms with Crippen LogP contribution in [0.3, 0.4) is 0 Å². The number of aromatic carboxylic acids is 1. The summed E-state index contributed by atoms with van der Waals surface area (Å²) >= 11 is 1.12. The minimum atomic E-state index is -1.11. The molecule has 1 aromatic heterocycles. The summed E-state index contributed by atoms with van der Waals surface area (Å²) in [5.74, 6) is -1.37. The number of thiophene rings is 1. The molecule has 1 atom stereocenters. The molecule has 7 heteroatoms. The number of carboxylic acids is 1. The molecule has 1 aliphatic heterocycles. The number of rotatable bonds is 4. The lowest BCUT2D eigenvalue weighted by atomic mass is 9.88. The van der Waals surface area contributed by atoms with Crippen LogP contribution in [0.15, 0.2) is 48.5 Å². The lowest BCUT2D eigenvalue weighted by Gasteiger charge is -2.24. The first-order chi connectivity index (χ1) is 13.5. The molecule has 1 aliphatic rings. The molecular weight excluding hydrogens is 381 g/mol. The Morgan fingerprint density at radius 2 is 2.00 bits per heavy atom. The van der Waals surface area contributed by atoms with Crippen molar-refractivity contribution in [3.8, 4) is 16.9 Å². The van der Waals surface area contributed by atoms with E-state index in [1.807, 2.05) is 12.1 Å². The first kappa shape index (κ1) is 18.2. The van der Waals surface area contributed by atoms with E-state index in [9.17, 15) is 19.1 Å². The molecule has 3 aromatic rings. The first-order valence-corrected chi connectivity index (χ1v) is 9.39. The van der Waals surface area contributed by atoms with Crippen molar-refractivity contribution in [3.63, 3.8) is 0 Å². The number of ether oxygens (including phenoxy) is 1. The molecular formula is C21H16FNO4S. The van der Waals surface area contributed by atoms with E-state index in [4.69, 9.17) is 4.74 Å². The van der Waals surface area contributed by atoms with Crippen LogP contribution in [0, 0.1) is 5.82 Å². The van der Waals surface area contributed by atoms with Crippen LogP contribution in [-0.4, -0.2) is 24.1 Å². The third-order valence-electron chi connectivity index (χ3n) is 4.73. The second-order valence-corrected chi connectivity index (χ2v) is 7.49. The number of nitrogens with one attached hydrogen (secondary N) is 1. The van der Waals surface area contributed by atoms with E-state index >= 15 is 0 Å². The van der Waals surface area contributed by atoms with Gasteiger partial charge in [0.1, 0.15) is 16.4 Å². The van der Waals surface area contributed by atoms with E-state index in [0.29, 0.717) is 22.6 Å². The molecule has 2 heterocycles. The van der Waals surface area contributed by atoms with Crippen molar-refractivity contribution in [3.05, 3.63) is 69.7 Å². The maximum atomic E-state index is 13.8. The van der Waals surface area contributed by atoms with Crippen LogP contribution in [-0.2, 0) is 4.79 Å². The largest absolute Gasteiger partial charge is 0.497 e. The van der Waals surface area contributed by atoms with Gasteiger partial charge in [0.25, 0.3) is 0 Å². The van der Waals surface area contributed by atoms with Crippen LogP contribution >= 0.6 is 11.3 Å². The van der Waals surface area contributed by atoms with E-state index in [2.05, 4.69) is 5.32 Å². The Morgan fingerprint density at radius 3 is 2.64 bits per heavy atom. The molecule has 2 N–H and O–H groups in total. The molecule has 0 saturated heterocycles. The fourth-order valence-electron chi connectivity index (χ4n) is 3.46. The summed E-state index contributed by atoms with van der Waals surface area (Å²) in [6.45, 7) is 0. The van der Waals surface area contributed by atoms with Gasteiger partial charge in [-0.15, -0.1) is 11.3 Å². The second-order valence-electron chi connectivity index (χ2n) is 6.44. The standard InChI is InChI=1S/C21H16FNO4S/c1-27-14-7-5-11(6-8-14)15-10-16(24)23-18-17(12-3-2-4-13(22)9-12)20(21(25)26)28-19(15)18/h2-9,15H,10H2,1H3,(H,23,24)(H,25,26)/t15-/m1/s1. The predicted molar refractivity (Wildman–Crippen MR) is 105 cm³/mol. The van der Waals surface area contributed by atoms with Gasteiger partial charge in [0.15, 0.2) is 0 Å². The minimum absolute atomic E-state index is 0.0799. The smallest absolute Gasteiger partial charge is 0.346 e. The van der Waals surface area contributed by atoms with Crippen molar-refractivity contribution < 1.29 is 23.8 Å². The number of hydrogen-bond acceptors (Lipinski definition) is 4. The van der Waals surface area contributed by atoms with Crippen molar-refractivity contribution in [1.82, 2.24) is 0 Å². The number of fused-ring (bicyclic) bond motifs is 1. The molecule has 5 nitrogen and oxygen atoms in total. The summed E-state index contributed by atoms with van der Waals surface area (Å²) in [5.41, 5.74) is 2.11. The highest BCUT2D eigenvalue weighted by Gasteiger charge is 2.34. The van der Waals surface area contributed by atoms with Crippen molar-refractivity contribution in [2.45, 2.75) is 12.3 Å². The SMILES string of the molecule is COc1ccc([C@H]2CC(=O)Nc3c2sc(C(=O)O)c3-c2cccc(F)c2)cc1. The fourth-order valence-corrected chi connectivity index (χ4v) is 4.71. The quantitative estimate of drug-likeness (QED) is 0.667. The van der Waals surface area contributed by atoms with Crippen LogP contribution in [0.1, 0.15) is 32.5 Å². The summed E-state index contributed by atoms with van der Waals surface area (Å²) in [6, 6.07) is 13.1. The van der Waals surface area contributed by atoms with Gasteiger partial charge in [-0.25, -0.2) is 9.18 Å². The minimum Gasteiger partial charge on any atom is -0.497 e. The number of carbonyl (C=O) groups excluding carboxylic acids is 1. The molecule has 1 amide bonds. The monoisotopic (exact) mass is 397 g/mol. The highest BCUT2D eigenvalue weighted by atomic mass is 32.1. The number of carbonyl (C=O) groups is 2.